The third-order valence-corrected chi connectivity index (χ3v) is 3.01. The summed E-state index contributed by atoms with van der Waals surface area (Å²) in [4.78, 5) is 11.6. The van der Waals surface area contributed by atoms with Gasteiger partial charge in [-0.1, -0.05) is 32.9 Å². The fraction of sp³-hybridized carbons (Fsp3) is 0.733. The molecule has 120 valence electrons. The van der Waals surface area contributed by atoms with Crippen molar-refractivity contribution in [2.45, 2.75) is 40.0 Å². The number of nitrogens with one attached hydrogen (secondary N) is 1. The molecule has 1 aromatic rings. The van der Waals surface area contributed by atoms with E-state index < -0.39 is 0 Å². The van der Waals surface area contributed by atoms with Crippen LogP contribution < -0.4 is 5.32 Å². The van der Waals surface area contributed by atoms with Gasteiger partial charge in [-0.3, -0.25) is 10.1 Å². The highest BCUT2D eigenvalue weighted by Crippen LogP contribution is 2.25. The van der Waals surface area contributed by atoms with Crippen LogP contribution in [0.4, 0.5) is 5.88 Å². The zero-order chi connectivity index (χ0) is 15.9. The summed E-state index contributed by atoms with van der Waals surface area (Å²) in [5.41, 5.74) is 0.453. The number of hydrogen-bond donors (Lipinski definition) is 1. The summed E-state index contributed by atoms with van der Waals surface area (Å²) in [6.07, 6.45) is 0. The maximum absolute atomic E-state index is 11.6. The first-order valence-electron chi connectivity index (χ1n) is 7.30. The maximum Gasteiger partial charge on any atom is 0.231 e. The molecular formula is C15H26N2O4. The van der Waals surface area contributed by atoms with Crippen molar-refractivity contribution in [3.8, 4) is 0 Å². The Kier molecular flexibility index (Phi) is 6.84. The van der Waals surface area contributed by atoms with Gasteiger partial charge in [-0.2, -0.15) is 0 Å². The van der Waals surface area contributed by atoms with Crippen molar-refractivity contribution in [3.63, 3.8) is 0 Å². The van der Waals surface area contributed by atoms with Gasteiger partial charge in [-0.15, -0.1) is 0 Å². The average Bonchev–Trinajstić information content (AvgIpc) is 2.87. The van der Waals surface area contributed by atoms with Crippen LogP contribution >= 0.6 is 0 Å². The smallest absolute Gasteiger partial charge is 0.231 e. The largest absolute Gasteiger partial charge is 0.379 e. The third-order valence-electron chi connectivity index (χ3n) is 3.01. The van der Waals surface area contributed by atoms with Crippen LogP contribution in [0.2, 0.25) is 0 Å². The van der Waals surface area contributed by atoms with Gasteiger partial charge in [0, 0.05) is 24.0 Å². The van der Waals surface area contributed by atoms with Gasteiger partial charge in [-0.25, -0.2) is 0 Å². The number of carbonyl (C=O) groups excluding carboxylic acids is 1. The van der Waals surface area contributed by atoms with Crippen molar-refractivity contribution < 1.29 is 18.8 Å². The van der Waals surface area contributed by atoms with E-state index in [4.69, 9.17) is 14.0 Å². The molecule has 1 N–H and O–H groups in total. The first-order valence-corrected chi connectivity index (χ1v) is 7.30. The number of carbonyl (C=O) groups is 1. The highest BCUT2D eigenvalue weighted by molar-refractivity contribution is 5.90. The summed E-state index contributed by atoms with van der Waals surface area (Å²) in [7, 11) is 0. The molecule has 1 rings (SSSR count). The second-order valence-electron chi connectivity index (χ2n) is 5.85. The lowest BCUT2D eigenvalue weighted by Gasteiger charge is -2.21. The third kappa shape index (κ3) is 5.85. The van der Waals surface area contributed by atoms with E-state index in [9.17, 15) is 4.79 Å². The van der Waals surface area contributed by atoms with E-state index in [0.29, 0.717) is 32.3 Å². The number of hydrogen-bond acceptors (Lipinski definition) is 5. The summed E-state index contributed by atoms with van der Waals surface area (Å²) in [5, 5.41) is 6.70. The molecule has 0 aromatic carbocycles. The quantitative estimate of drug-likeness (QED) is 0.709. The molecule has 0 saturated carbocycles. The second-order valence-corrected chi connectivity index (χ2v) is 5.85. The number of ether oxygens (including phenoxy) is 2. The van der Waals surface area contributed by atoms with Crippen molar-refractivity contribution in [3.05, 3.63) is 11.8 Å². The van der Waals surface area contributed by atoms with Crippen LogP contribution in [0.1, 0.15) is 40.3 Å². The Hall–Kier alpha value is -1.40. The van der Waals surface area contributed by atoms with Gasteiger partial charge >= 0.3 is 0 Å². The van der Waals surface area contributed by atoms with E-state index in [-0.39, 0.29) is 17.2 Å². The molecule has 0 aliphatic carbocycles. The molecule has 0 bridgehead atoms. The summed E-state index contributed by atoms with van der Waals surface area (Å²) < 4.78 is 16.0. The van der Waals surface area contributed by atoms with E-state index in [2.05, 4.69) is 10.5 Å². The molecule has 0 spiro atoms. The first kappa shape index (κ1) is 17.7. The van der Waals surface area contributed by atoms with Gasteiger partial charge in [0.25, 0.3) is 0 Å². The number of aromatic nitrogens is 1. The van der Waals surface area contributed by atoms with Gasteiger partial charge in [0.2, 0.25) is 11.8 Å². The fourth-order valence-electron chi connectivity index (χ4n) is 1.58. The second kappa shape index (κ2) is 8.14. The highest BCUT2D eigenvalue weighted by Gasteiger charge is 2.26. The van der Waals surface area contributed by atoms with E-state index in [1.54, 1.807) is 6.07 Å². The molecule has 1 heterocycles. The lowest BCUT2D eigenvalue weighted by Crippen LogP contribution is -2.25. The highest BCUT2D eigenvalue weighted by atomic mass is 16.5. The van der Waals surface area contributed by atoms with Gasteiger partial charge in [0.05, 0.1) is 25.5 Å². The molecule has 0 atom stereocenters. The minimum Gasteiger partial charge on any atom is -0.379 e. The Morgan fingerprint density at radius 1 is 1.38 bits per heavy atom. The summed E-state index contributed by atoms with van der Waals surface area (Å²) in [5.74, 6) is 0.169. The van der Waals surface area contributed by atoms with Crippen LogP contribution in [0.5, 0.6) is 0 Å². The van der Waals surface area contributed by atoms with Crippen LogP contribution in [0.25, 0.3) is 0 Å². The zero-order valence-corrected chi connectivity index (χ0v) is 13.6. The Balaban J connectivity index is 2.51. The van der Waals surface area contributed by atoms with Crippen molar-refractivity contribution >= 4 is 11.8 Å². The predicted molar refractivity (Wildman–Crippen MR) is 80.3 cm³/mol. The van der Waals surface area contributed by atoms with E-state index in [1.807, 2.05) is 34.6 Å². The molecule has 1 amide bonds. The van der Waals surface area contributed by atoms with Crippen molar-refractivity contribution in [1.82, 2.24) is 5.16 Å². The van der Waals surface area contributed by atoms with Gasteiger partial charge in [0.15, 0.2) is 0 Å². The Labute approximate surface area is 126 Å². The maximum atomic E-state index is 11.6. The first-order chi connectivity index (χ1) is 9.86. The summed E-state index contributed by atoms with van der Waals surface area (Å²) in [6, 6.07) is 1.74. The van der Waals surface area contributed by atoms with Gasteiger partial charge in [0.1, 0.15) is 0 Å². The van der Waals surface area contributed by atoms with Crippen LogP contribution in [-0.2, 0) is 19.7 Å². The van der Waals surface area contributed by atoms with E-state index in [0.717, 1.165) is 5.69 Å². The molecule has 0 saturated heterocycles. The molecule has 6 heteroatoms. The predicted octanol–water partition coefficient (Wildman–Crippen LogP) is 2.60. The van der Waals surface area contributed by atoms with Crippen molar-refractivity contribution in [2.75, 3.05) is 31.7 Å². The molecule has 6 nitrogen and oxygen atoms in total. The van der Waals surface area contributed by atoms with Gasteiger partial charge < -0.3 is 14.0 Å². The topological polar surface area (TPSA) is 73.6 Å². The minimum absolute atomic E-state index is 0.0940. The van der Waals surface area contributed by atoms with Crippen LogP contribution in [0.15, 0.2) is 10.6 Å². The molecule has 0 aliphatic heterocycles. The lowest BCUT2D eigenvalue weighted by atomic mass is 9.90. The number of nitrogens with zero attached hydrogens (tertiary/aromatic N) is 1. The lowest BCUT2D eigenvalue weighted by molar-refractivity contribution is -0.119. The fourth-order valence-corrected chi connectivity index (χ4v) is 1.58. The number of amides is 1. The van der Waals surface area contributed by atoms with Gasteiger partial charge in [-0.05, 0) is 6.92 Å². The molecule has 0 radical (unpaired) electrons. The molecule has 1 aromatic heterocycles. The molecule has 0 aliphatic rings. The van der Waals surface area contributed by atoms with E-state index >= 15 is 0 Å². The zero-order valence-electron chi connectivity index (χ0n) is 13.6. The van der Waals surface area contributed by atoms with Crippen molar-refractivity contribution in [2.24, 2.45) is 5.92 Å². The Morgan fingerprint density at radius 3 is 2.67 bits per heavy atom. The minimum atomic E-state index is -0.295. The number of anilines is 1. The Morgan fingerprint density at radius 2 is 2.05 bits per heavy atom. The molecular weight excluding hydrogens is 272 g/mol. The standard InChI is InChI=1S/C15H26N2O4/c1-6-19-7-8-20-10-15(4,5)12-9-13(21-17-12)16-14(18)11(2)3/h9,11H,6-8,10H2,1-5H3,(H,16,18). The van der Waals surface area contributed by atoms with Crippen LogP contribution in [0.3, 0.4) is 0 Å². The van der Waals surface area contributed by atoms with E-state index in [1.165, 1.54) is 0 Å². The SMILES string of the molecule is CCOCCOCC(C)(C)c1cc(NC(=O)C(C)C)on1. The normalized spacial score (nSPS) is 11.9. The monoisotopic (exact) mass is 298 g/mol. The summed E-state index contributed by atoms with van der Waals surface area (Å²) >= 11 is 0. The van der Waals surface area contributed by atoms with Crippen LogP contribution in [-0.4, -0.2) is 37.5 Å². The molecule has 0 fully saturated rings. The molecule has 0 unspecified atom stereocenters. The number of rotatable bonds is 9. The average molecular weight is 298 g/mol. The summed E-state index contributed by atoms with van der Waals surface area (Å²) in [6.45, 7) is 11.9. The Bertz CT molecular complexity index is 441. The van der Waals surface area contributed by atoms with Crippen LogP contribution in [0, 0.1) is 5.92 Å². The molecule has 21 heavy (non-hydrogen) atoms. The van der Waals surface area contributed by atoms with Crippen molar-refractivity contribution in [1.29, 1.82) is 0 Å².